The summed E-state index contributed by atoms with van der Waals surface area (Å²) >= 11 is 0. The third-order valence-corrected chi connectivity index (χ3v) is 3.91. The van der Waals surface area contributed by atoms with Gasteiger partial charge in [-0.3, -0.25) is 0 Å². The molecule has 0 unspecified atom stereocenters. The number of para-hydroxylation sites is 1. The van der Waals surface area contributed by atoms with Gasteiger partial charge in [-0.15, -0.1) is 0 Å². The molecule has 4 rings (SSSR count). The Morgan fingerprint density at radius 3 is 2.68 bits per heavy atom. The lowest BCUT2D eigenvalue weighted by molar-refractivity contribution is 1.03. The predicted octanol–water partition coefficient (Wildman–Crippen LogP) is 3.74. The first-order valence-electron chi connectivity index (χ1n) is 7.39. The number of allylic oxidation sites excluding steroid dienone is 4. The predicted molar refractivity (Wildman–Crippen MR) is 89.6 cm³/mol. The van der Waals surface area contributed by atoms with Gasteiger partial charge in [0.15, 0.2) is 5.65 Å². The highest BCUT2D eigenvalue weighted by molar-refractivity contribution is 5.90. The van der Waals surface area contributed by atoms with Gasteiger partial charge >= 0.3 is 0 Å². The minimum atomic E-state index is 0.314. The van der Waals surface area contributed by atoms with E-state index in [4.69, 9.17) is 5.73 Å². The zero-order valence-electron chi connectivity index (χ0n) is 12.1. The normalized spacial score (nSPS) is 14.3. The topological polar surface area (TPSA) is 56.7 Å². The molecule has 4 heteroatoms. The van der Waals surface area contributed by atoms with Crippen molar-refractivity contribution in [3.8, 4) is 5.69 Å². The fraction of sp³-hybridized carbons (Fsp3) is 0.111. The summed E-state index contributed by atoms with van der Waals surface area (Å²) in [7, 11) is 0. The molecular formula is C18H16N4. The molecule has 4 nitrogen and oxygen atoms in total. The standard InChI is InChI=1S/C18H16N4/c19-18-20-16(13-7-3-1-4-8-13)15-11-12-22(17(15)21-18)14-9-5-2-6-10-14/h1-3,5-7,9-12H,4,8H2,(H2,19,20,21). The molecule has 2 N–H and O–H groups in total. The van der Waals surface area contributed by atoms with Crippen LogP contribution in [0.1, 0.15) is 18.5 Å². The van der Waals surface area contributed by atoms with Gasteiger partial charge in [0.05, 0.1) is 5.69 Å². The van der Waals surface area contributed by atoms with Crippen LogP contribution in [-0.4, -0.2) is 14.5 Å². The van der Waals surface area contributed by atoms with Crippen LogP contribution < -0.4 is 5.73 Å². The maximum Gasteiger partial charge on any atom is 0.222 e. The Morgan fingerprint density at radius 2 is 1.91 bits per heavy atom. The Kier molecular flexibility index (Phi) is 3.00. The summed E-state index contributed by atoms with van der Waals surface area (Å²) in [6, 6.07) is 12.2. The number of nitrogen functional groups attached to an aromatic ring is 1. The molecule has 2 aromatic heterocycles. The molecule has 22 heavy (non-hydrogen) atoms. The highest BCUT2D eigenvalue weighted by Gasteiger charge is 2.15. The smallest absolute Gasteiger partial charge is 0.222 e. The molecule has 0 aliphatic heterocycles. The number of nitrogens with zero attached hydrogens (tertiary/aromatic N) is 3. The number of nitrogens with two attached hydrogens (primary N) is 1. The van der Waals surface area contributed by atoms with E-state index in [0.29, 0.717) is 5.95 Å². The number of rotatable bonds is 2. The average Bonchev–Trinajstić information content (AvgIpc) is 2.99. The molecule has 2 heterocycles. The van der Waals surface area contributed by atoms with E-state index < -0.39 is 0 Å². The number of anilines is 1. The highest BCUT2D eigenvalue weighted by Crippen LogP contribution is 2.30. The molecule has 0 spiro atoms. The van der Waals surface area contributed by atoms with Gasteiger partial charge in [-0.05, 0) is 36.6 Å². The summed E-state index contributed by atoms with van der Waals surface area (Å²) < 4.78 is 2.05. The van der Waals surface area contributed by atoms with Crippen molar-refractivity contribution in [2.24, 2.45) is 0 Å². The van der Waals surface area contributed by atoms with Crippen LogP contribution >= 0.6 is 0 Å². The number of fused-ring (bicyclic) bond motifs is 1. The van der Waals surface area contributed by atoms with Gasteiger partial charge in [-0.25, -0.2) is 4.98 Å². The fourth-order valence-corrected chi connectivity index (χ4v) is 2.87. The van der Waals surface area contributed by atoms with E-state index in [1.807, 2.05) is 24.4 Å². The van der Waals surface area contributed by atoms with Gasteiger partial charge in [0.2, 0.25) is 5.95 Å². The summed E-state index contributed by atoms with van der Waals surface area (Å²) in [6.45, 7) is 0. The Labute approximate surface area is 128 Å². The molecular weight excluding hydrogens is 272 g/mol. The second kappa shape index (κ2) is 5.15. The molecule has 0 fully saturated rings. The van der Waals surface area contributed by atoms with E-state index in [-0.39, 0.29) is 0 Å². The van der Waals surface area contributed by atoms with Crippen molar-refractivity contribution < 1.29 is 0 Å². The molecule has 0 saturated heterocycles. The Bertz CT molecular complexity index is 888. The van der Waals surface area contributed by atoms with Crippen LogP contribution in [0.2, 0.25) is 0 Å². The Hall–Kier alpha value is -2.88. The second-order valence-electron chi connectivity index (χ2n) is 5.35. The minimum Gasteiger partial charge on any atom is -0.368 e. The number of benzene rings is 1. The van der Waals surface area contributed by atoms with E-state index in [1.165, 1.54) is 5.57 Å². The Balaban J connectivity index is 1.95. The molecule has 1 aliphatic rings. The zero-order chi connectivity index (χ0) is 14.9. The molecule has 1 aliphatic carbocycles. The molecule has 0 amide bonds. The van der Waals surface area contributed by atoms with Gasteiger partial charge in [0.1, 0.15) is 0 Å². The molecule has 1 aromatic carbocycles. The summed E-state index contributed by atoms with van der Waals surface area (Å²) in [6.07, 6.45) is 10.4. The minimum absolute atomic E-state index is 0.314. The lowest BCUT2D eigenvalue weighted by Gasteiger charge is -2.11. The van der Waals surface area contributed by atoms with E-state index in [9.17, 15) is 0 Å². The molecule has 0 radical (unpaired) electrons. The van der Waals surface area contributed by atoms with E-state index in [0.717, 1.165) is 35.3 Å². The molecule has 3 aromatic rings. The maximum absolute atomic E-state index is 5.96. The zero-order valence-corrected chi connectivity index (χ0v) is 12.1. The van der Waals surface area contributed by atoms with Crippen LogP contribution in [0.5, 0.6) is 0 Å². The second-order valence-corrected chi connectivity index (χ2v) is 5.35. The lowest BCUT2D eigenvalue weighted by Crippen LogP contribution is -2.03. The highest BCUT2D eigenvalue weighted by atomic mass is 15.1. The van der Waals surface area contributed by atoms with E-state index in [1.54, 1.807) is 0 Å². The van der Waals surface area contributed by atoms with Crippen LogP contribution in [0.15, 0.2) is 60.8 Å². The van der Waals surface area contributed by atoms with Crippen molar-refractivity contribution >= 4 is 22.6 Å². The van der Waals surface area contributed by atoms with Crippen LogP contribution in [0.25, 0.3) is 22.3 Å². The van der Waals surface area contributed by atoms with Crippen LogP contribution in [-0.2, 0) is 0 Å². The quantitative estimate of drug-likeness (QED) is 0.781. The van der Waals surface area contributed by atoms with Crippen molar-refractivity contribution in [1.82, 2.24) is 14.5 Å². The number of hydrogen-bond donors (Lipinski definition) is 1. The number of aromatic nitrogens is 3. The van der Waals surface area contributed by atoms with Gasteiger partial charge < -0.3 is 10.3 Å². The molecule has 0 saturated carbocycles. The van der Waals surface area contributed by atoms with Crippen molar-refractivity contribution in [1.29, 1.82) is 0 Å². The van der Waals surface area contributed by atoms with Crippen LogP contribution in [0.4, 0.5) is 5.95 Å². The summed E-state index contributed by atoms with van der Waals surface area (Å²) in [4.78, 5) is 8.94. The summed E-state index contributed by atoms with van der Waals surface area (Å²) in [5.74, 6) is 0.314. The van der Waals surface area contributed by atoms with E-state index in [2.05, 4.69) is 51.0 Å². The van der Waals surface area contributed by atoms with Crippen molar-refractivity contribution in [3.05, 3.63) is 66.5 Å². The van der Waals surface area contributed by atoms with Crippen molar-refractivity contribution in [2.75, 3.05) is 5.73 Å². The molecule has 0 bridgehead atoms. The van der Waals surface area contributed by atoms with Gasteiger partial charge in [-0.2, -0.15) is 4.98 Å². The van der Waals surface area contributed by atoms with Crippen LogP contribution in [0, 0.1) is 0 Å². The first-order chi connectivity index (χ1) is 10.8. The van der Waals surface area contributed by atoms with Gasteiger partial charge in [0, 0.05) is 17.3 Å². The maximum atomic E-state index is 5.96. The average molecular weight is 288 g/mol. The number of hydrogen-bond acceptors (Lipinski definition) is 3. The van der Waals surface area contributed by atoms with Crippen molar-refractivity contribution in [2.45, 2.75) is 12.8 Å². The summed E-state index contributed by atoms with van der Waals surface area (Å²) in [5.41, 5.74) is 10.0. The SMILES string of the molecule is Nc1nc(C2=CC=CCC2)c2ccn(-c3ccccc3)c2n1. The lowest BCUT2D eigenvalue weighted by atomic mass is 10.0. The first kappa shape index (κ1) is 12.8. The Morgan fingerprint density at radius 1 is 1.05 bits per heavy atom. The monoisotopic (exact) mass is 288 g/mol. The van der Waals surface area contributed by atoms with Gasteiger partial charge in [0.25, 0.3) is 0 Å². The summed E-state index contributed by atoms with van der Waals surface area (Å²) in [5, 5.41) is 1.04. The third-order valence-electron chi connectivity index (χ3n) is 3.91. The largest absolute Gasteiger partial charge is 0.368 e. The molecule has 108 valence electrons. The fourth-order valence-electron chi connectivity index (χ4n) is 2.87. The van der Waals surface area contributed by atoms with E-state index >= 15 is 0 Å². The van der Waals surface area contributed by atoms with Crippen molar-refractivity contribution in [3.63, 3.8) is 0 Å². The molecule has 0 atom stereocenters. The van der Waals surface area contributed by atoms with Crippen LogP contribution in [0.3, 0.4) is 0 Å². The third kappa shape index (κ3) is 2.09. The first-order valence-corrected chi connectivity index (χ1v) is 7.39. The van der Waals surface area contributed by atoms with Gasteiger partial charge in [-0.1, -0.05) is 36.4 Å².